The fraction of sp³-hybridized carbons (Fsp3) is 0.364. The van der Waals surface area contributed by atoms with E-state index >= 15 is 0 Å². The van der Waals surface area contributed by atoms with E-state index in [1.165, 1.54) is 19.2 Å². The van der Waals surface area contributed by atoms with Crippen LogP contribution in [0, 0.1) is 10.1 Å². The van der Waals surface area contributed by atoms with Crippen LogP contribution >= 0.6 is 11.6 Å². The average Bonchev–Trinajstić information content (AvgIpc) is 2.37. The van der Waals surface area contributed by atoms with E-state index in [1.807, 2.05) is 0 Å². The summed E-state index contributed by atoms with van der Waals surface area (Å²) in [5, 5.41) is 20.9. The van der Waals surface area contributed by atoms with Gasteiger partial charge in [-0.2, -0.15) is 0 Å². The maximum atomic E-state index is 11.6. The van der Waals surface area contributed by atoms with Gasteiger partial charge in [-0.25, -0.2) is 4.79 Å². The fourth-order valence-corrected chi connectivity index (χ4v) is 2.13. The Kier molecular flexibility index (Phi) is 3.59. The monoisotopic (exact) mass is 287 g/mol. The van der Waals surface area contributed by atoms with Crippen molar-refractivity contribution in [1.29, 1.82) is 0 Å². The number of carbonyl (C=O) groups excluding carboxylic acids is 1. The molecule has 7 nitrogen and oxygen atoms in total. The van der Waals surface area contributed by atoms with Crippen LogP contribution in [0.3, 0.4) is 0 Å². The summed E-state index contributed by atoms with van der Waals surface area (Å²) in [6, 6.07) is 1.37. The van der Waals surface area contributed by atoms with Crippen molar-refractivity contribution in [2.75, 3.05) is 13.7 Å². The second-order valence-corrected chi connectivity index (χ2v) is 4.41. The largest absolute Gasteiger partial charge is 0.485 e. The highest BCUT2D eigenvalue weighted by atomic mass is 35.5. The molecular formula is C11H10ClNO6. The van der Waals surface area contributed by atoms with Crippen molar-refractivity contribution in [2.45, 2.75) is 12.1 Å². The van der Waals surface area contributed by atoms with Crippen molar-refractivity contribution in [3.8, 4) is 5.75 Å². The summed E-state index contributed by atoms with van der Waals surface area (Å²) >= 11 is 5.83. The van der Waals surface area contributed by atoms with Crippen molar-refractivity contribution < 1.29 is 24.3 Å². The third-order valence-electron chi connectivity index (χ3n) is 2.84. The van der Waals surface area contributed by atoms with Crippen LogP contribution in [0.2, 0.25) is 5.02 Å². The summed E-state index contributed by atoms with van der Waals surface area (Å²) in [4.78, 5) is 21.7. The molecule has 0 bridgehead atoms. The van der Waals surface area contributed by atoms with Crippen LogP contribution in [-0.4, -0.2) is 35.8 Å². The molecule has 1 unspecified atom stereocenters. The second kappa shape index (κ2) is 5.02. The Morgan fingerprint density at radius 2 is 2.32 bits per heavy atom. The molecular weight excluding hydrogens is 278 g/mol. The topological polar surface area (TPSA) is 98.9 Å². The number of benzene rings is 1. The number of nitro groups is 1. The molecule has 8 heteroatoms. The van der Waals surface area contributed by atoms with Crippen molar-refractivity contribution in [3.05, 3.63) is 38.4 Å². The number of nitrogens with zero attached hydrogens (tertiary/aromatic N) is 1. The van der Waals surface area contributed by atoms with Gasteiger partial charge >= 0.3 is 5.97 Å². The smallest absolute Gasteiger partial charge is 0.341 e. The average molecular weight is 288 g/mol. The minimum Gasteiger partial charge on any atom is -0.485 e. The lowest BCUT2D eigenvalue weighted by Crippen LogP contribution is -2.37. The maximum Gasteiger partial charge on any atom is 0.341 e. The Morgan fingerprint density at radius 1 is 1.63 bits per heavy atom. The number of aliphatic hydroxyl groups is 1. The lowest BCUT2D eigenvalue weighted by molar-refractivity contribution is -0.539. The third-order valence-corrected chi connectivity index (χ3v) is 3.06. The molecule has 0 radical (unpaired) electrons. The molecule has 1 aliphatic rings. The quantitative estimate of drug-likeness (QED) is 0.498. The molecule has 19 heavy (non-hydrogen) atoms. The first kappa shape index (κ1) is 13.6. The molecule has 1 heterocycles. The fourth-order valence-electron chi connectivity index (χ4n) is 1.90. The number of fused-ring (bicyclic) bond motifs is 1. The van der Waals surface area contributed by atoms with Crippen LogP contribution < -0.4 is 4.74 Å². The van der Waals surface area contributed by atoms with E-state index < -0.39 is 23.0 Å². The van der Waals surface area contributed by atoms with Crippen LogP contribution in [0.1, 0.15) is 22.0 Å². The number of hydrogen-bond donors (Lipinski definition) is 1. The highest BCUT2D eigenvalue weighted by Crippen LogP contribution is 2.38. The van der Waals surface area contributed by atoms with Crippen molar-refractivity contribution >= 4 is 17.6 Å². The van der Waals surface area contributed by atoms with E-state index in [0.29, 0.717) is 0 Å². The Morgan fingerprint density at radius 3 is 2.89 bits per heavy atom. The molecule has 0 aromatic heterocycles. The third kappa shape index (κ3) is 2.34. The summed E-state index contributed by atoms with van der Waals surface area (Å²) < 4.78 is 9.79. The number of rotatable bonds is 2. The number of carbonyl (C=O) groups is 1. The molecule has 1 N–H and O–H groups in total. The van der Waals surface area contributed by atoms with Crippen molar-refractivity contribution in [1.82, 2.24) is 0 Å². The van der Waals surface area contributed by atoms with Crippen molar-refractivity contribution in [3.63, 3.8) is 0 Å². The minimum absolute atomic E-state index is 0.0332. The summed E-state index contributed by atoms with van der Waals surface area (Å²) in [6.07, 6.45) is -1.39. The first-order chi connectivity index (χ1) is 8.95. The number of methoxy groups -OCH3 is 1. The minimum atomic E-state index is -1.39. The standard InChI is InChI=1S/C11H10ClNO6/c1-18-11(15)7-3-5(12)2-6-9(14)8(13(16)17)4-19-10(6)7/h2-3,8-9,14H,4H2,1H3/t8?,9-/m0/s1. The SMILES string of the molecule is COC(=O)c1cc(Cl)cc2c1OCC([N+](=O)[O-])[C@H]2O. The van der Waals surface area contributed by atoms with Gasteiger partial charge in [0, 0.05) is 15.5 Å². The Bertz CT molecular complexity index is 546. The van der Waals surface area contributed by atoms with E-state index in [4.69, 9.17) is 16.3 Å². The molecule has 1 aliphatic heterocycles. The molecule has 0 saturated carbocycles. The highest BCUT2D eigenvalue weighted by Gasteiger charge is 2.40. The van der Waals surface area contributed by atoms with E-state index in [-0.39, 0.29) is 28.5 Å². The number of halogens is 1. The van der Waals surface area contributed by atoms with Gasteiger partial charge in [0.05, 0.1) is 7.11 Å². The molecule has 1 aromatic rings. The normalized spacial score (nSPS) is 21.2. The molecule has 2 atom stereocenters. The molecule has 0 saturated heterocycles. The van der Waals surface area contributed by atoms with E-state index in [2.05, 4.69) is 4.74 Å². The Labute approximate surface area is 112 Å². The van der Waals surface area contributed by atoms with Gasteiger partial charge in [0.1, 0.15) is 11.3 Å². The van der Waals surface area contributed by atoms with Gasteiger partial charge in [-0.3, -0.25) is 10.1 Å². The van der Waals surface area contributed by atoms with Gasteiger partial charge in [-0.05, 0) is 12.1 Å². The summed E-state index contributed by atoms with van der Waals surface area (Å²) in [5.41, 5.74) is 0.145. The predicted molar refractivity (Wildman–Crippen MR) is 64.0 cm³/mol. The summed E-state index contributed by atoms with van der Waals surface area (Å²) in [6.45, 7) is -0.327. The molecule has 0 fully saturated rings. The van der Waals surface area contributed by atoms with Gasteiger partial charge in [0.15, 0.2) is 12.7 Å². The number of hydrogen-bond acceptors (Lipinski definition) is 6. The molecule has 1 aromatic carbocycles. The highest BCUT2D eigenvalue weighted by molar-refractivity contribution is 6.31. The van der Waals surface area contributed by atoms with Crippen LogP contribution in [0.4, 0.5) is 0 Å². The second-order valence-electron chi connectivity index (χ2n) is 3.97. The first-order valence-electron chi connectivity index (χ1n) is 5.31. The van der Waals surface area contributed by atoms with Crippen LogP contribution in [-0.2, 0) is 4.74 Å². The molecule has 0 aliphatic carbocycles. The van der Waals surface area contributed by atoms with Crippen LogP contribution in [0.15, 0.2) is 12.1 Å². The van der Waals surface area contributed by atoms with Gasteiger partial charge < -0.3 is 14.6 Å². The van der Waals surface area contributed by atoms with Gasteiger partial charge in [-0.1, -0.05) is 11.6 Å². The zero-order valence-electron chi connectivity index (χ0n) is 9.83. The Balaban J connectivity index is 2.53. The lowest BCUT2D eigenvalue weighted by Gasteiger charge is -2.26. The summed E-state index contributed by atoms with van der Waals surface area (Å²) in [5.74, 6) is -0.618. The van der Waals surface area contributed by atoms with Crippen molar-refractivity contribution in [2.24, 2.45) is 0 Å². The zero-order chi connectivity index (χ0) is 14.2. The number of aliphatic hydroxyl groups excluding tert-OH is 1. The molecule has 0 amide bonds. The number of ether oxygens (including phenoxy) is 2. The van der Waals surface area contributed by atoms with Gasteiger partial charge in [0.25, 0.3) is 6.04 Å². The van der Waals surface area contributed by atoms with Gasteiger partial charge in [-0.15, -0.1) is 0 Å². The van der Waals surface area contributed by atoms with Crippen LogP contribution in [0.25, 0.3) is 0 Å². The first-order valence-corrected chi connectivity index (χ1v) is 5.69. The predicted octanol–water partition coefficient (Wildman–Crippen LogP) is 1.20. The molecule has 2 rings (SSSR count). The van der Waals surface area contributed by atoms with E-state index in [9.17, 15) is 20.0 Å². The van der Waals surface area contributed by atoms with E-state index in [1.54, 1.807) is 0 Å². The Hall–Kier alpha value is -1.86. The van der Waals surface area contributed by atoms with E-state index in [0.717, 1.165) is 0 Å². The van der Waals surface area contributed by atoms with Crippen LogP contribution in [0.5, 0.6) is 5.75 Å². The lowest BCUT2D eigenvalue weighted by atomic mass is 9.97. The zero-order valence-corrected chi connectivity index (χ0v) is 10.6. The van der Waals surface area contributed by atoms with Gasteiger partial charge in [0.2, 0.25) is 0 Å². The molecule has 0 spiro atoms. The number of esters is 1. The maximum absolute atomic E-state index is 11.6. The molecule has 102 valence electrons. The summed E-state index contributed by atoms with van der Waals surface area (Å²) in [7, 11) is 1.19.